The van der Waals surface area contributed by atoms with Gasteiger partial charge in [0.25, 0.3) is 12.1 Å². The molecule has 7 nitrogen and oxygen atoms in total. The van der Waals surface area contributed by atoms with Crippen LogP contribution in [0.1, 0.15) is 5.56 Å². The maximum atomic E-state index is 12.1. The molecule has 1 atom stereocenters. The molecule has 0 aliphatic carbocycles. The van der Waals surface area contributed by atoms with Crippen LogP contribution in [0.25, 0.3) is 0 Å². The quantitative estimate of drug-likeness (QED) is 0.597. The molecule has 0 aliphatic heterocycles. The summed E-state index contributed by atoms with van der Waals surface area (Å²) in [6.07, 6.45) is -5.24. The Morgan fingerprint density at radius 2 is 2.05 bits per heavy atom. The van der Waals surface area contributed by atoms with E-state index in [4.69, 9.17) is 5.11 Å². The fraction of sp³-hybridized carbons (Fsp3) is 0.400. The SMILES string of the molecule is Cc1ccc(S(=O)(=O)NCC(O)C(F)F)cc1[N+](=O)[O-]. The minimum absolute atomic E-state index is 0.265. The van der Waals surface area contributed by atoms with Gasteiger partial charge in [0.05, 0.1) is 9.82 Å². The molecule has 0 fully saturated rings. The van der Waals surface area contributed by atoms with E-state index in [9.17, 15) is 27.3 Å². The topological polar surface area (TPSA) is 110 Å². The molecule has 0 aromatic heterocycles. The number of rotatable bonds is 6. The Bertz CT molecular complexity index is 606. The van der Waals surface area contributed by atoms with Crippen LogP contribution in [0.15, 0.2) is 23.1 Å². The van der Waals surface area contributed by atoms with Gasteiger partial charge in [-0.05, 0) is 13.0 Å². The van der Waals surface area contributed by atoms with Crippen LogP contribution < -0.4 is 4.72 Å². The van der Waals surface area contributed by atoms with Gasteiger partial charge in [0, 0.05) is 18.2 Å². The number of hydrogen-bond donors (Lipinski definition) is 2. The number of halogens is 2. The first-order valence-corrected chi connectivity index (χ1v) is 6.84. The summed E-state index contributed by atoms with van der Waals surface area (Å²) in [7, 11) is -4.21. The predicted octanol–water partition coefficient (Wildman–Crippen LogP) is 0.808. The van der Waals surface area contributed by atoms with Crippen LogP contribution in [0.4, 0.5) is 14.5 Å². The van der Waals surface area contributed by atoms with Gasteiger partial charge >= 0.3 is 0 Å². The van der Waals surface area contributed by atoms with Gasteiger partial charge in [-0.2, -0.15) is 0 Å². The van der Waals surface area contributed by atoms with Crippen LogP contribution in [-0.4, -0.2) is 37.5 Å². The number of aliphatic hydroxyl groups is 1. The van der Waals surface area contributed by atoms with Crippen LogP contribution in [0.2, 0.25) is 0 Å². The van der Waals surface area contributed by atoms with E-state index in [1.807, 2.05) is 0 Å². The third kappa shape index (κ3) is 3.92. The van der Waals surface area contributed by atoms with E-state index in [-0.39, 0.29) is 5.56 Å². The molecule has 0 saturated carbocycles. The highest BCUT2D eigenvalue weighted by Crippen LogP contribution is 2.22. The largest absolute Gasteiger partial charge is 0.386 e. The maximum Gasteiger partial charge on any atom is 0.273 e. The van der Waals surface area contributed by atoms with Crippen molar-refractivity contribution in [1.29, 1.82) is 0 Å². The normalized spacial score (nSPS) is 13.4. The Morgan fingerprint density at radius 3 is 2.55 bits per heavy atom. The van der Waals surface area contributed by atoms with Gasteiger partial charge in [0.2, 0.25) is 10.0 Å². The lowest BCUT2D eigenvalue weighted by Gasteiger charge is -2.11. The van der Waals surface area contributed by atoms with Crippen LogP contribution in [-0.2, 0) is 10.0 Å². The number of alkyl halides is 2. The summed E-state index contributed by atoms with van der Waals surface area (Å²) in [6, 6.07) is 3.17. The molecule has 0 bridgehead atoms. The van der Waals surface area contributed by atoms with E-state index in [1.165, 1.54) is 13.0 Å². The number of nitrogens with zero attached hydrogens (tertiary/aromatic N) is 1. The first-order valence-electron chi connectivity index (χ1n) is 5.36. The number of benzene rings is 1. The van der Waals surface area contributed by atoms with Crippen molar-refractivity contribution in [2.24, 2.45) is 0 Å². The Balaban J connectivity index is 2.99. The lowest BCUT2D eigenvalue weighted by atomic mass is 10.2. The molecule has 0 amide bonds. The average molecular weight is 310 g/mol. The van der Waals surface area contributed by atoms with Crippen LogP contribution in [0, 0.1) is 17.0 Å². The predicted molar refractivity (Wildman–Crippen MR) is 65.0 cm³/mol. The Labute approximate surface area is 113 Å². The first-order chi connectivity index (χ1) is 9.15. The fourth-order valence-electron chi connectivity index (χ4n) is 1.32. The zero-order chi connectivity index (χ0) is 15.5. The summed E-state index contributed by atoms with van der Waals surface area (Å²) < 4.78 is 49.4. The maximum absolute atomic E-state index is 12.1. The third-order valence-electron chi connectivity index (χ3n) is 2.46. The number of nitro benzene ring substituents is 1. The van der Waals surface area contributed by atoms with E-state index < -0.39 is 44.6 Å². The van der Waals surface area contributed by atoms with Crippen molar-refractivity contribution in [2.75, 3.05) is 6.54 Å². The van der Waals surface area contributed by atoms with E-state index in [2.05, 4.69) is 0 Å². The second-order valence-electron chi connectivity index (χ2n) is 3.96. The van der Waals surface area contributed by atoms with Crippen molar-refractivity contribution in [2.45, 2.75) is 24.3 Å². The molecule has 0 saturated heterocycles. The summed E-state index contributed by atoms with van der Waals surface area (Å²) in [4.78, 5) is 9.53. The van der Waals surface area contributed by atoms with Crippen molar-refractivity contribution < 1.29 is 27.2 Å². The lowest BCUT2D eigenvalue weighted by molar-refractivity contribution is -0.385. The number of sulfonamides is 1. The van der Waals surface area contributed by atoms with Gasteiger partial charge in [0.1, 0.15) is 6.10 Å². The summed E-state index contributed by atoms with van der Waals surface area (Å²) in [5.41, 5.74) is -0.135. The molecule has 2 N–H and O–H groups in total. The highest BCUT2D eigenvalue weighted by molar-refractivity contribution is 7.89. The zero-order valence-electron chi connectivity index (χ0n) is 10.3. The number of hydrogen-bond acceptors (Lipinski definition) is 5. The van der Waals surface area contributed by atoms with Gasteiger partial charge in [-0.3, -0.25) is 10.1 Å². The van der Waals surface area contributed by atoms with Gasteiger partial charge in [-0.1, -0.05) is 6.07 Å². The molecule has 1 rings (SSSR count). The van der Waals surface area contributed by atoms with Gasteiger partial charge in [-0.15, -0.1) is 0 Å². The standard InChI is InChI=1S/C10H12F2N2O5S/c1-6-2-3-7(4-8(6)14(16)17)20(18,19)13-5-9(15)10(11)12/h2-4,9-10,13,15H,5H2,1H3. The second-order valence-corrected chi connectivity index (χ2v) is 5.73. The summed E-state index contributed by atoms with van der Waals surface area (Å²) in [5.74, 6) is 0. The van der Waals surface area contributed by atoms with Gasteiger partial charge in [0.15, 0.2) is 0 Å². The number of aryl methyl sites for hydroxylation is 1. The molecule has 1 aromatic carbocycles. The molecule has 0 aliphatic rings. The molecular weight excluding hydrogens is 298 g/mol. The van der Waals surface area contributed by atoms with Gasteiger partial charge < -0.3 is 5.11 Å². The van der Waals surface area contributed by atoms with Crippen molar-refractivity contribution in [3.8, 4) is 0 Å². The fourth-order valence-corrected chi connectivity index (χ4v) is 2.39. The first kappa shape index (κ1) is 16.4. The Morgan fingerprint density at radius 1 is 1.45 bits per heavy atom. The molecule has 1 aromatic rings. The lowest BCUT2D eigenvalue weighted by Crippen LogP contribution is -2.35. The van der Waals surface area contributed by atoms with Crippen LogP contribution >= 0.6 is 0 Å². The van der Waals surface area contributed by atoms with E-state index in [0.717, 1.165) is 12.1 Å². The zero-order valence-corrected chi connectivity index (χ0v) is 11.1. The van der Waals surface area contributed by atoms with Crippen molar-refractivity contribution >= 4 is 15.7 Å². The second kappa shape index (κ2) is 6.20. The molecule has 20 heavy (non-hydrogen) atoms. The summed E-state index contributed by atoms with van der Waals surface area (Å²) in [5, 5.41) is 19.5. The highest BCUT2D eigenvalue weighted by atomic mass is 32.2. The molecule has 1 unspecified atom stereocenters. The summed E-state index contributed by atoms with van der Waals surface area (Å²) >= 11 is 0. The number of nitrogens with one attached hydrogen (secondary N) is 1. The average Bonchev–Trinajstić information content (AvgIpc) is 2.35. The molecular formula is C10H12F2N2O5S. The monoisotopic (exact) mass is 310 g/mol. The number of nitro groups is 1. The number of aliphatic hydroxyl groups excluding tert-OH is 1. The molecule has 0 heterocycles. The minimum Gasteiger partial charge on any atom is -0.386 e. The summed E-state index contributed by atoms with van der Waals surface area (Å²) in [6.45, 7) is 0.546. The molecule has 10 heteroatoms. The molecule has 0 radical (unpaired) electrons. The minimum atomic E-state index is -4.21. The Hall–Kier alpha value is -1.65. The van der Waals surface area contributed by atoms with Crippen LogP contribution in [0.5, 0.6) is 0 Å². The Kier molecular flexibility index (Phi) is 5.09. The van der Waals surface area contributed by atoms with Crippen LogP contribution in [0.3, 0.4) is 0 Å². The van der Waals surface area contributed by atoms with Crippen molar-refractivity contribution in [3.63, 3.8) is 0 Å². The van der Waals surface area contributed by atoms with Gasteiger partial charge in [-0.25, -0.2) is 21.9 Å². The van der Waals surface area contributed by atoms with Crippen molar-refractivity contribution in [3.05, 3.63) is 33.9 Å². The highest BCUT2D eigenvalue weighted by Gasteiger charge is 2.23. The van der Waals surface area contributed by atoms with E-state index in [1.54, 1.807) is 4.72 Å². The molecule has 0 spiro atoms. The smallest absolute Gasteiger partial charge is 0.273 e. The van der Waals surface area contributed by atoms with Crippen molar-refractivity contribution in [1.82, 2.24) is 4.72 Å². The van der Waals surface area contributed by atoms with E-state index >= 15 is 0 Å². The third-order valence-corrected chi connectivity index (χ3v) is 3.88. The van der Waals surface area contributed by atoms with E-state index in [0.29, 0.717) is 0 Å². The molecule has 112 valence electrons.